The lowest BCUT2D eigenvalue weighted by Gasteiger charge is -2.13. The summed E-state index contributed by atoms with van der Waals surface area (Å²) in [5, 5.41) is 2.65. The normalized spacial score (nSPS) is 11.4. The van der Waals surface area contributed by atoms with Gasteiger partial charge < -0.3 is 10.1 Å². The number of anilines is 1. The first-order chi connectivity index (χ1) is 12.2. The highest BCUT2D eigenvalue weighted by Gasteiger charge is 2.22. The zero-order valence-electron chi connectivity index (χ0n) is 14.7. The Hall–Kier alpha value is -2.45. The molecule has 1 amide bonds. The quantitative estimate of drug-likeness (QED) is 0.773. The molecule has 26 heavy (non-hydrogen) atoms. The number of hydrogen-bond acceptors (Lipinski definition) is 4. The van der Waals surface area contributed by atoms with Crippen molar-refractivity contribution in [1.82, 2.24) is 4.72 Å². The highest BCUT2D eigenvalue weighted by molar-refractivity contribution is 7.89. The molecule has 0 spiro atoms. The van der Waals surface area contributed by atoms with Gasteiger partial charge in [-0.1, -0.05) is 12.1 Å². The maximum Gasteiger partial charge on any atom is 0.255 e. The fourth-order valence-electron chi connectivity index (χ4n) is 2.27. The molecule has 6 nitrogen and oxygen atoms in total. The third-order valence-electron chi connectivity index (χ3n) is 3.31. The molecule has 2 aromatic carbocycles. The molecule has 0 radical (unpaired) electrons. The molecule has 8 heteroatoms. The van der Waals surface area contributed by atoms with Gasteiger partial charge in [0.15, 0.2) is 0 Å². The summed E-state index contributed by atoms with van der Waals surface area (Å²) < 4.78 is 46.2. The van der Waals surface area contributed by atoms with Gasteiger partial charge >= 0.3 is 0 Å². The van der Waals surface area contributed by atoms with Gasteiger partial charge in [-0.3, -0.25) is 4.79 Å². The number of carbonyl (C=O) groups excluding carboxylic acids is 1. The molecule has 2 aromatic rings. The van der Waals surface area contributed by atoms with Crippen molar-refractivity contribution in [2.75, 3.05) is 11.9 Å². The zero-order chi connectivity index (χ0) is 19.3. The average Bonchev–Trinajstić information content (AvgIpc) is 2.56. The van der Waals surface area contributed by atoms with Gasteiger partial charge in [-0.25, -0.2) is 17.5 Å². The van der Waals surface area contributed by atoms with E-state index in [0.29, 0.717) is 18.0 Å². The summed E-state index contributed by atoms with van der Waals surface area (Å²) in [4.78, 5) is 11.9. The van der Waals surface area contributed by atoms with Gasteiger partial charge in [-0.15, -0.1) is 0 Å². The van der Waals surface area contributed by atoms with Gasteiger partial charge in [0.25, 0.3) is 5.91 Å². The zero-order valence-corrected chi connectivity index (χ0v) is 15.6. The van der Waals surface area contributed by atoms with Crippen LogP contribution in [0.15, 0.2) is 47.4 Å². The first kappa shape index (κ1) is 19.9. The largest absolute Gasteiger partial charge is 0.492 e. The van der Waals surface area contributed by atoms with Crippen molar-refractivity contribution in [3.8, 4) is 5.75 Å². The Bertz CT molecular complexity index is 898. The summed E-state index contributed by atoms with van der Waals surface area (Å²) in [5.74, 6) is -1.01. The number of rotatable bonds is 7. The summed E-state index contributed by atoms with van der Waals surface area (Å²) >= 11 is 0. The lowest BCUT2D eigenvalue weighted by atomic mass is 10.2. The molecule has 0 saturated heterocycles. The third-order valence-corrected chi connectivity index (χ3v) is 4.98. The van der Waals surface area contributed by atoms with E-state index in [1.165, 1.54) is 6.07 Å². The van der Waals surface area contributed by atoms with Crippen LogP contribution in [0.5, 0.6) is 5.75 Å². The minimum Gasteiger partial charge on any atom is -0.492 e. The Labute approximate surface area is 152 Å². The van der Waals surface area contributed by atoms with E-state index in [4.69, 9.17) is 4.74 Å². The number of carbonyl (C=O) groups is 1. The molecule has 0 aromatic heterocycles. The van der Waals surface area contributed by atoms with Crippen LogP contribution in [0.1, 0.15) is 31.1 Å². The number of sulfonamides is 1. The second-order valence-corrected chi connectivity index (χ2v) is 7.49. The Morgan fingerprint density at radius 3 is 2.54 bits per heavy atom. The van der Waals surface area contributed by atoms with E-state index in [-0.39, 0.29) is 5.56 Å². The monoisotopic (exact) mass is 380 g/mol. The topological polar surface area (TPSA) is 84.5 Å². The molecule has 0 bridgehead atoms. The number of halogens is 1. The second kappa shape index (κ2) is 8.29. The van der Waals surface area contributed by atoms with Crippen LogP contribution in [0, 0.1) is 5.82 Å². The van der Waals surface area contributed by atoms with Crippen LogP contribution in [0.2, 0.25) is 0 Å². The van der Waals surface area contributed by atoms with Crippen molar-refractivity contribution < 1.29 is 22.3 Å². The molecular weight excluding hydrogens is 359 g/mol. The van der Waals surface area contributed by atoms with Crippen molar-refractivity contribution in [3.05, 3.63) is 53.8 Å². The van der Waals surface area contributed by atoms with Crippen LogP contribution < -0.4 is 14.8 Å². The van der Waals surface area contributed by atoms with Crippen LogP contribution in [-0.4, -0.2) is 27.0 Å². The molecule has 0 heterocycles. The van der Waals surface area contributed by atoms with Gasteiger partial charge in [-0.2, -0.15) is 0 Å². The summed E-state index contributed by atoms with van der Waals surface area (Å²) in [6, 6.07) is 9.64. The van der Waals surface area contributed by atoms with Crippen molar-refractivity contribution in [2.45, 2.75) is 31.7 Å². The highest BCUT2D eigenvalue weighted by Crippen LogP contribution is 2.25. The molecule has 0 unspecified atom stereocenters. The van der Waals surface area contributed by atoms with E-state index in [2.05, 4.69) is 10.0 Å². The molecular formula is C18H21FN2O4S. The first-order valence-electron chi connectivity index (χ1n) is 8.09. The summed E-state index contributed by atoms with van der Waals surface area (Å²) in [7, 11) is -4.07. The number of benzene rings is 2. The number of amides is 1. The van der Waals surface area contributed by atoms with Crippen molar-refractivity contribution >= 4 is 21.6 Å². The molecule has 2 rings (SSSR count). The number of hydrogen-bond donors (Lipinski definition) is 2. The number of para-hydroxylation sites is 2. The van der Waals surface area contributed by atoms with Crippen LogP contribution in [-0.2, 0) is 10.0 Å². The Balaban J connectivity index is 2.32. The van der Waals surface area contributed by atoms with Gasteiger partial charge in [0.1, 0.15) is 16.5 Å². The number of nitrogens with one attached hydrogen (secondary N) is 2. The first-order valence-corrected chi connectivity index (χ1v) is 9.58. The van der Waals surface area contributed by atoms with E-state index in [9.17, 15) is 17.6 Å². The molecule has 0 atom stereocenters. The van der Waals surface area contributed by atoms with E-state index >= 15 is 0 Å². The minimum atomic E-state index is -4.07. The van der Waals surface area contributed by atoms with Crippen molar-refractivity contribution in [3.63, 3.8) is 0 Å². The second-order valence-electron chi connectivity index (χ2n) is 5.80. The Morgan fingerprint density at radius 1 is 1.19 bits per heavy atom. The predicted octanol–water partition coefficient (Wildman–Crippen LogP) is 3.16. The maximum atomic E-state index is 14.0. The van der Waals surface area contributed by atoms with Crippen LogP contribution >= 0.6 is 0 Å². The smallest absolute Gasteiger partial charge is 0.255 e. The summed E-state index contributed by atoms with van der Waals surface area (Å²) in [6.07, 6.45) is 0. The van der Waals surface area contributed by atoms with Gasteiger partial charge in [0.2, 0.25) is 10.0 Å². The maximum absolute atomic E-state index is 14.0. The highest BCUT2D eigenvalue weighted by atomic mass is 32.2. The van der Waals surface area contributed by atoms with E-state index in [1.807, 2.05) is 6.92 Å². The van der Waals surface area contributed by atoms with E-state index in [0.717, 1.165) is 12.1 Å². The lowest BCUT2D eigenvalue weighted by molar-refractivity contribution is 0.102. The average molecular weight is 380 g/mol. The minimum absolute atomic E-state index is 0.0156. The van der Waals surface area contributed by atoms with Crippen LogP contribution in [0.4, 0.5) is 10.1 Å². The molecule has 140 valence electrons. The summed E-state index contributed by atoms with van der Waals surface area (Å²) in [6.45, 7) is 5.48. The molecule has 0 saturated carbocycles. The predicted molar refractivity (Wildman–Crippen MR) is 97.4 cm³/mol. The molecule has 0 aliphatic rings. The molecule has 0 fully saturated rings. The molecule has 0 aliphatic carbocycles. The third kappa shape index (κ3) is 4.80. The van der Waals surface area contributed by atoms with Crippen LogP contribution in [0.25, 0.3) is 0 Å². The van der Waals surface area contributed by atoms with Crippen molar-refractivity contribution in [2.24, 2.45) is 0 Å². The Morgan fingerprint density at radius 2 is 1.88 bits per heavy atom. The van der Waals surface area contributed by atoms with E-state index in [1.54, 1.807) is 38.1 Å². The van der Waals surface area contributed by atoms with Gasteiger partial charge in [0.05, 0.1) is 12.3 Å². The summed E-state index contributed by atoms with van der Waals surface area (Å²) in [5.41, 5.74) is 0.454. The fraction of sp³-hybridized carbons (Fsp3) is 0.278. The van der Waals surface area contributed by atoms with Gasteiger partial charge in [-0.05, 0) is 51.1 Å². The lowest BCUT2D eigenvalue weighted by Crippen LogP contribution is -2.31. The van der Waals surface area contributed by atoms with Gasteiger partial charge in [0, 0.05) is 11.6 Å². The van der Waals surface area contributed by atoms with Crippen molar-refractivity contribution in [1.29, 1.82) is 0 Å². The molecule has 0 aliphatic heterocycles. The van der Waals surface area contributed by atoms with Crippen LogP contribution in [0.3, 0.4) is 0 Å². The number of ether oxygens (including phenoxy) is 1. The van der Waals surface area contributed by atoms with E-state index < -0.39 is 32.7 Å². The fourth-order valence-corrected chi connectivity index (χ4v) is 3.62. The Kier molecular flexibility index (Phi) is 6.33. The molecule has 2 N–H and O–H groups in total. The SMILES string of the molecule is CCOc1ccccc1NC(=O)c1ccc(F)c(S(=O)(=O)NC(C)C)c1. The standard InChI is InChI=1S/C18H21FN2O4S/c1-4-25-16-8-6-5-7-15(16)20-18(22)13-9-10-14(19)17(11-13)26(23,24)21-12(2)3/h5-12,21H,4H2,1-3H3,(H,20,22).